The monoisotopic (exact) mass is 286 g/mol. The Kier molecular flexibility index (Phi) is 5.29. The first kappa shape index (κ1) is 15.0. The third-order valence-electron chi connectivity index (χ3n) is 2.81. The van der Waals surface area contributed by atoms with Crippen LogP contribution >= 0.6 is 0 Å². The minimum Gasteiger partial charge on any atom is -0.462 e. The number of carbonyl (C=O) groups excluding carboxylic acids is 1. The van der Waals surface area contributed by atoms with Crippen LogP contribution in [0.2, 0.25) is 0 Å². The Bertz CT molecular complexity index is 614. The van der Waals surface area contributed by atoms with Gasteiger partial charge < -0.3 is 14.8 Å². The van der Waals surface area contributed by atoms with E-state index in [1.807, 2.05) is 31.3 Å². The summed E-state index contributed by atoms with van der Waals surface area (Å²) in [6, 6.07) is 10.9. The van der Waals surface area contributed by atoms with E-state index in [-0.39, 0.29) is 5.88 Å². The molecule has 5 nitrogen and oxygen atoms in total. The minimum atomic E-state index is -0.438. The van der Waals surface area contributed by atoms with E-state index in [0.29, 0.717) is 24.5 Å². The van der Waals surface area contributed by atoms with Crippen LogP contribution in [0, 0.1) is 0 Å². The number of ether oxygens (including phenoxy) is 2. The van der Waals surface area contributed by atoms with Gasteiger partial charge in [0.2, 0.25) is 5.88 Å². The number of nitrogens with one attached hydrogen (secondary N) is 1. The molecule has 1 aromatic heterocycles. The van der Waals surface area contributed by atoms with Crippen LogP contribution in [-0.2, 0) is 11.3 Å². The molecular formula is C16H18N2O3. The third-order valence-corrected chi connectivity index (χ3v) is 2.81. The maximum Gasteiger partial charge on any atom is 0.343 e. The number of pyridine rings is 1. The highest BCUT2D eigenvalue weighted by atomic mass is 16.5. The van der Waals surface area contributed by atoms with E-state index >= 15 is 0 Å². The summed E-state index contributed by atoms with van der Waals surface area (Å²) in [7, 11) is 1.86. The fourth-order valence-corrected chi connectivity index (χ4v) is 1.88. The number of rotatable bonds is 6. The zero-order chi connectivity index (χ0) is 15.1. The average molecular weight is 286 g/mol. The summed E-state index contributed by atoms with van der Waals surface area (Å²) in [6.07, 6.45) is 1.58. The van der Waals surface area contributed by atoms with Gasteiger partial charge in [-0.1, -0.05) is 18.2 Å². The molecule has 0 amide bonds. The van der Waals surface area contributed by atoms with Gasteiger partial charge in [-0.2, -0.15) is 0 Å². The van der Waals surface area contributed by atoms with E-state index in [1.165, 1.54) is 0 Å². The predicted molar refractivity (Wildman–Crippen MR) is 79.5 cm³/mol. The SMILES string of the molecule is CCOC(=O)c1cccnc1Oc1ccccc1CNC. The Balaban J connectivity index is 2.30. The molecule has 1 N–H and O–H groups in total. The first-order valence-corrected chi connectivity index (χ1v) is 6.78. The lowest BCUT2D eigenvalue weighted by Gasteiger charge is -2.12. The third kappa shape index (κ3) is 3.79. The van der Waals surface area contributed by atoms with E-state index < -0.39 is 5.97 Å². The Morgan fingerprint density at radius 3 is 2.81 bits per heavy atom. The molecule has 0 aliphatic carbocycles. The van der Waals surface area contributed by atoms with Crippen molar-refractivity contribution >= 4 is 5.97 Å². The molecule has 110 valence electrons. The van der Waals surface area contributed by atoms with Crippen molar-refractivity contribution in [2.75, 3.05) is 13.7 Å². The number of nitrogens with zero attached hydrogens (tertiary/aromatic N) is 1. The fourth-order valence-electron chi connectivity index (χ4n) is 1.88. The molecule has 0 saturated heterocycles. The predicted octanol–water partition coefficient (Wildman–Crippen LogP) is 2.77. The Morgan fingerprint density at radius 2 is 2.05 bits per heavy atom. The molecule has 21 heavy (non-hydrogen) atoms. The summed E-state index contributed by atoms with van der Waals surface area (Å²) in [5.74, 6) is 0.474. The van der Waals surface area contributed by atoms with Crippen LogP contribution in [0.5, 0.6) is 11.6 Å². The van der Waals surface area contributed by atoms with Crippen molar-refractivity contribution in [3.05, 3.63) is 53.7 Å². The van der Waals surface area contributed by atoms with Crippen LogP contribution in [0.1, 0.15) is 22.8 Å². The molecule has 0 saturated carbocycles. The van der Waals surface area contributed by atoms with Crippen molar-refractivity contribution in [2.24, 2.45) is 0 Å². The maximum absolute atomic E-state index is 11.9. The van der Waals surface area contributed by atoms with E-state index in [2.05, 4.69) is 10.3 Å². The highest BCUT2D eigenvalue weighted by molar-refractivity contribution is 5.91. The molecule has 0 radical (unpaired) electrons. The van der Waals surface area contributed by atoms with Crippen molar-refractivity contribution in [1.82, 2.24) is 10.3 Å². The Hall–Kier alpha value is -2.40. The molecule has 0 unspecified atom stereocenters. The summed E-state index contributed by atoms with van der Waals surface area (Å²) in [5, 5.41) is 3.08. The van der Waals surface area contributed by atoms with Gasteiger partial charge in [0.15, 0.2) is 0 Å². The number of aromatic nitrogens is 1. The molecule has 0 atom stereocenters. The second-order valence-corrected chi connectivity index (χ2v) is 4.32. The molecule has 1 aromatic carbocycles. The highest BCUT2D eigenvalue weighted by Crippen LogP contribution is 2.26. The van der Waals surface area contributed by atoms with Crippen molar-refractivity contribution in [3.63, 3.8) is 0 Å². The average Bonchev–Trinajstić information content (AvgIpc) is 2.50. The zero-order valence-electron chi connectivity index (χ0n) is 12.1. The summed E-state index contributed by atoms with van der Waals surface area (Å²) in [5.41, 5.74) is 1.30. The van der Waals surface area contributed by atoms with Crippen molar-refractivity contribution in [2.45, 2.75) is 13.5 Å². The van der Waals surface area contributed by atoms with E-state index in [1.54, 1.807) is 25.3 Å². The quantitative estimate of drug-likeness (QED) is 0.827. The van der Waals surface area contributed by atoms with Crippen LogP contribution in [0.25, 0.3) is 0 Å². The first-order valence-electron chi connectivity index (χ1n) is 6.78. The standard InChI is InChI=1S/C16H18N2O3/c1-3-20-16(19)13-8-6-10-18-15(13)21-14-9-5-4-7-12(14)11-17-2/h4-10,17H,3,11H2,1-2H3. The summed E-state index contributed by atoms with van der Waals surface area (Å²) in [6.45, 7) is 2.73. The van der Waals surface area contributed by atoms with E-state index in [0.717, 1.165) is 5.56 Å². The van der Waals surface area contributed by atoms with Gasteiger partial charge in [0, 0.05) is 18.3 Å². The zero-order valence-corrected chi connectivity index (χ0v) is 12.1. The van der Waals surface area contributed by atoms with Crippen LogP contribution in [-0.4, -0.2) is 24.6 Å². The number of hydrogen-bond acceptors (Lipinski definition) is 5. The van der Waals surface area contributed by atoms with Gasteiger partial charge in [-0.15, -0.1) is 0 Å². The number of carbonyl (C=O) groups is 1. The van der Waals surface area contributed by atoms with Gasteiger partial charge in [-0.3, -0.25) is 0 Å². The lowest BCUT2D eigenvalue weighted by Crippen LogP contribution is -2.09. The lowest BCUT2D eigenvalue weighted by molar-refractivity contribution is 0.0522. The molecule has 2 aromatic rings. The van der Waals surface area contributed by atoms with Crippen molar-refractivity contribution in [1.29, 1.82) is 0 Å². The first-order chi connectivity index (χ1) is 10.3. The summed E-state index contributed by atoms with van der Waals surface area (Å²) in [4.78, 5) is 16.0. The number of esters is 1. The molecule has 0 bridgehead atoms. The Morgan fingerprint density at radius 1 is 1.24 bits per heavy atom. The number of hydrogen-bond donors (Lipinski definition) is 1. The molecule has 0 fully saturated rings. The molecule has 0 spiro atoms. The summed E-state index contributed by atoms with van der Waals surface area (Å²) >= 11 is 0. The lowest BCUT2D eigenvalue weighted by atomic mass is 10.2. The number of benzene rings is 1. The minimum absolute atomic E-state index is 0.250. The van der Waals surface area contributed by atoms with Gasteiger partial charge in [0.25, 0.3) is 0 Å². The van der Waals surface area contributed by atoms with Crippen LogP contribution in [0.15, 0.2) is 42.6 Å². The molecule has 2 rings (SSSR count). The molecule has 5 heteroatoms. The normalized spacial score (nSPS) is 10.2. The van der Waals surface area contributed by atoms with Gasteiger partial charge in [0.05, 0.1) is 6.61 Å². The smallest absolute Gasteiger partial charge is 0.343 e. The second kappa shape index (κ2) is 7.40. The van der Waals surface area contributed by atoms with Crippen LogP contribution in [0.3, 0.4) is 0 Å². The largest absolute Gasteiger partial charge is 0.462 e. The molecule has 0 aliphatic heterocycles. The van der Waals surface area contributed by atoms with Crippen molar-refractivity contribution in [3.8, 4) is 11.6 Å². The van der Waals surface area contributed by atoms with Gasteiger partial charge in [0.1, 0.15) is 11.3 Å². The number of para-hydroxylation sites is 1. The topological polar surface area (TPSA) is 60.5 Å². The molecular weight excluding hydrogens is 268 g/mol. The van der Waals surface area contributed by atoms with Crippen LogP contribution in [0.4, 0.5) is 0 Å². The molecule has 1 heterocycles. The van der Waals surface area contributed by atoms with Crippen molar-refractivity contribution < 1.29 is 14.3 Å². The van der Waals surface area contributed by atoms with Gasteiger partial charge >= 0.3 is 5.97 Å². The second-order valence-electron chi connectivity index (χ2n) is 4.32. The van der Waals surface area contributed by atoms with Crippen LogP contribution < -0.4 is 10.1 Å². The van der Waals surface area contributed by atoms with E-state index in [4.69, 9.17) is 9.47 Å². The Labute approximate surface area is 123 Å². The fraction of sp³-hybridized carbons (Fsp3) is 0.250. The van der Waals surface area contributed by atoms with E-state index in [9.17, 15) is 4.79 Å². The van der Waals surface area contributed by atoms with Gasteiger partial charge in [-0.05, 0) is 32.2 Å². The van der Waals surface area contributed by atoms with Gasteiger partial charge in [-0.25, -0.2) is 9.78 Å². The highest BCUT2D eigenvalue weighted by Gasteiger charge is 2.16. The summed E-state index contributed by atoms with van der Waals surface area (Å²) < 4.78 is 10.8. The molecule has 0 aliphatic rings. The maximum atomic E-state index is 11.9.